The van der Waals surface area contributed by atoms with E-state index in [1.807, 2.05) is 12.1 Å². The van der Waals surface area contributed by atoms with Gasteiger partial charge in [-0.2, -0.15) is 13.4 Å². The van der Waals surface area contributed by atoms with Crippen molar-refractivity contribution in [2.24, 2.45) is 11.8 Å². The van der Waals surface area contributed by atoms with Crippen LogP contribution in [-0.2, 0) is 39.9 Å². The number of carbonyl (C=O) groups is 1. The lowest BCUT2D eigenvalue weighted by molar-refractivity contribution is -0.177. The first-order chi connectivity index (χ1) is 18.5. The molecule has 2 bridgehead atoms. The largest absolute Gasteiger partial charge is 0.378 e. The molecule has 0 radical (unpaired) electrons. The zero-order valence-electron chi connectivity index (χ0n) is 21.4. The second kappa shape index (κ2) is 10.6. The Kier molecular flexibility index (Phi) is 7.52. The SMILES string of the molecule is CC(C)C(=O)Nc1nc2c(ncn2[C@@H]2OC3(COS(C)(=O)=O)COC[C@@H]2[C@@H]3OCc2ccc(Cl)cc2)c(=O)[nH]1. The number of aromatic nitrogens is 4. The third-order valence-electron chi connectivity index (χ3n) is 6.62. The van der Waals surface area contributed by atoms with Crippen LogP contribution in [0.5, 0.6) is 0 Å². The Labute approximate surface area is 228 Å². The predicted octanol–water partition coefficient (Wildman–Crippen LogP) is 1.84. The number of nitrogens with one attached hydrogen (secondary N) is 2. The number of fused-ring (bicyclic) bond motifs is 3. The lowest BCUT2D eigenvalue weighted by Gasteiger charge is -2.37. The standard InChI is InChI=1S/C24H28ClN5O8S/c1-13(2)20(31)28-23-27-19-17(21(32)29-23)26-12-30(19)22-16-9-35-10-24(38-22,11-37-39(3,33)34)18(16)36-8-14-4-6-15(25)7-5-14/h4-7,12-13,16,18,22H,8-11H2,1-3H3,(H2,27,28,29,31,32)/t16-,18+,22-,24?/m1/s1. The van der Waals surface area contributed by atoms with Crippen LogP contribution in [0.1, 0.15) is 25.6 Å². The average Bonchev–Trinajstić information content (AvgIpc) is 3.36. The first-order valence-electron chi connectivity index (χ1n) is 12.2. The second-order valence-corrected chi connectivity index (χ2v) is 12.0. The Morgan fingerprint density at radius 1 is 1.33 bits per heavy atom. The van der Waals surface area contributed by atoms with E-state index < -0.39 is 39.5 Å². The molecule has 0 aliphatic carbocycles. The fraction of sp³-hybridized carbons (Fsp3) is 0.500. The number of anilines is 1. The molecule has 2 fully saturated rings. The molecule has 0 saturated carbocycles. The number of aromatic amines is 1. The van der Waals surface area contributed by atoms with Gasteiger partial charge in [-0.3, -0.25) is 28.6 Å². The van der Waals surface area contributed by atoms with E-state index in [9.17, 15) is 18.0 Å². The summed E-state index contributed by atoms with van der Waals surface area (Å²) in [7, 11) is -3.81. The van der Waals surface area contributed by atoms with Crippen molar-refractivity contribution in [2.45, 2.75) is 38.4 Å². The number of carbonyl (C=O) groups excluding carboxylic acids is 1. The maximum atomic E-state index is 12.7. The summed E-state index contributed by atoms with van der Waals surface area (Å²) in [5.74, 6) is -1.13. The highest BCUT2D eigenvalue weighted by molar-refractivity contribution is 7.85. The van der Waals surface area contributed by atoms with Gasteiger partial charge < -0.3 is 14.2 Å². The third-order valence-corrected chi connectivity index (χ3v) is 7.42. The third kappa shape index (κ3) is 5.71. The number of hydrogen-bond acceptors (Lipinski definition) is 10. The Morgan fingerprint density at radius 3 is 2.77 bits per heavy atom. The summed E-state index contributed by atoms with van der Waals surface area (Å²) in [5, 5.41) is 3.18. The summed E-state index contributed by atoms with van der Waals surface area (Å²) in [6.45, 7) is 3.51. The first-order valence-corrected chi connectivity index (χ1v) is 14.4. The van der Waals surface area contributed by atoms with E-state index >= 15 is 0 Å². The zero-order valence-corrected chi connectivity index (χ0v) is 23.0. The van der Waals surface area contributed by atoms with Crippen molar-refractivity contribution < 1.29 is 31.6 Å². The van der Waals surface area contributed by atoms with Gasteiger partial charge in [0.05, 0.1) is 38.3 Å². The number of ether oxygens (including phenoxy) is 3. The fourth-order valence-electron chi connectivity index (χ4n) is 4.69. The molecule has 0 spiro atoms. The van der Waals surface area contributed by atoms with Crippen LogP contribution in [0.2, 0.25) is 5.02 Å². The van der Waals surface area contributed by atoms with Gasteiger partial charge in [-0.25, -0.2) is 4.98 Å². The molecule has 1 aromatic carbocycles. The Morgan fingerprint density at radius 2 is 2.08 bits per heavy atom. The fourth-order valence-corrected chi connectivity index (χ4v) is 5.23. The van der Waals surface area contributed by atoms with E-state index in [1.165, 1.54) is 6.33 Å². The van der Waals surface area contributed by atoms with Crippen LogP contribution < -0.4 is 10.9 Å². The summed E-state index contributed by atoms with van der Waals surface area (Å²) < 4.78 is 49.1. The number of benzene rings is 1. The van der Waals surface area contributed by atoms with Gasteiger partial charge in [0.15, 0.2) is 11.2 Å². The van der Waals surface area contributed by atoms with E-state index in [0.29, 0.717) is 5.02 Å². The van der Waals surface area contributed by atoms with Crippen molar-refractivity contribution in [3.05, 3.63) is 51.5 Å². The molecule has 2 aromatic heterocycles. The first kappa shape index (κ1) is 27.7. The predicted molar refractivity (Wildman–Crippen MR) is 140 cm³/mol. The smallest absolute Gasteiger partial charge is 0.280 e. The van der Waals surface area contributed by atoms with Crippen molar-refractivity contribution in [1.29, 1.82) is 0 Å². The lowest BCUT2D eigenvalue weighted by atomic mass is 9.88. The molecule has 210 valence electrons. The highest BCUT2D eigenvalue weighted by Gasteiger charge is 2.60. The molecule has 15 heteroatoms. The second-order valence-electron chi connectivity index (χ2n) is 9.96. The van der Waals surface area contributed by atoms with Crippen molar-refractivity contribution in [2.75, 3.05) is 31.4 Å². The topological polar surface area (TPSA) is 164 Å². The van der Waals surface area contributed by atoms with Gasteiger partial charge in [0.25, 0.3) is 15.7 Å². The number of hydrogen-bond donors (Lipinski definition) is 2. The van der Waals surface area contributed by atoms with Gasteiger partial charge in [-0.1, -0.05) is 37.6 Å². The monoisotopic (exact) mass is 581 g/mol. The molecular weight excluding hydrogens is 554 g/mol. The van der Waals surface area contributed by atoms with Crippen molar-refractivity contribution in [3.63, 3.8) is 0 Å². The van der Waals surface area contributed by atoms with Crippen molar-refractivity contribution in [1.82, 2.24) is 19.5 Å². The maximum absolute atomic E-state index is 12.7. The van der Waals surface area contributed by atoms with Gasteiger partial charge in [0.1, 0.15) is 24.5 Å². The number of amides is 1. The molecule has 3 aromatic rings. The van der Waals surface area contributed by atoms with Gasteiger partial charge in [-0.05, 0) is 17.7 Å². The van der Waals surface area contributed by atoms with Gasteiger partial charge in [0, 0.05) is 10.9 Å². The van der Waals surface area contributed by atoms with E-state index in [2.05, 4.69) is 20.3 Å². The van der Waals surface area contributed by atoms with Crippen LogP contribution in [-0.4, -0.2) is 71.6 Å². The quantitative estimate of drug-likeness (QED) is 0.356. The van der Waals surface area contributed by atoms with E-state index in [-0.39, 0.29) is 55.4 Å². The molecule has 5 rings (SSSR count). The summed E-state index contributed by atoms with van der Waals surface area (Å²) in [6, 6.07) is 7.15. The summed E-state index contributed by atoms with van der Waals surface area (Å²) in [5.41, 5.74) is -0.752. The Hall–Kier alpha value is -2.88. The minimum atomic E-state index is -3.81. The summed E-state index contributed by atoms with van der Waals surface area (Å²) in [6.07, 6.45) is 0.924. The molecule has 4 atom stereocenters. The highest BCUT2D eigenvalue weighted by Crippen LogP contribution is 2.48. The van der Waals surface area contributed by atoms with Crippen molar-refractivity contribution >= 4 is 44.7 Å². The molecule has 2 saturated heterocycles. The number of imidazole rings is 1. The van der Waals surface area contributed by atoms with Crippen LogP contribution in [0.25, 0.3) is 11.2 Å². The molecule has 2 N–H and O–H groups in total. The Balaban J connectivity index is 1.50. The molecular formula is C24H28ClN5O8S. The van der Waals surface area contributed by atoms with Crippen LogP contribution in [0.4, 0.5) is 5.95 Å². The van der Waals surface area contributed by atoms with E-state index in [0.717, 1.165) is 11.8 Å². The van der Waals surface area contributed by atoms with Gasteiger partial charge in [0.2, 0.25) is 11.9 Å². The van der Waals surface area contributed by atoms with E-state index in [1.54, 1.807) is 30.5 Å². The maximum Gasteiger partial charge on any atom is 0.280 e. The molecule has 1 unspecified atom stereocenters. The minimum Gasteiger partial charge on any atom is -0.378 e. The van der Waals surface area contributed by atoms with Crippen LogP contribution >= 0.6 is 11.6 Å². The number of halogens is 1. The summed E-state index contributed by atoms with van der Waals surface area (Å²) >= 11 is 6.00. The molecule has 4 heterocycles. The molecule has 2 aliphatic rings. The normalized spacial score (nSPS) is 24.9. The van der Waals surface area contributed by atoms with Crippen LogP contribution in [0.15, 0.2) is 35.4 Å². The van der Waals surface area contributed by atoms with E-state index in [4.69, 9.17) is 30.0 Å². The molecule has 13 nitrogen and oxygen atoms in total. The zero-order chi connectivity index (χ0) is 27.9. The van der Waals surface area contributed by atoms with Gasteiger partial charge >= 0.3 is 0 Å². The Bertz CT molecular complexity index is 1540. The van der Waals surface area contributed by atoms with Crippen LogP contribution in [0.3, 0.4) is 0 Å². The van der Waals surface area contributed by atoms with Crippen LogP contribution in [0, 0.1) is 11.8 Å². The van der Waals surface area contributed by atoms with Gasteiger partial charge in [-0.15, -0.1) is 0 Å². The van der Waals surface area contributed by atoms with Crippen molar-refractivity contribution in [3.8, 4) is 0 Å². The average molecular weight is 582 g/mol. The number of rotatable bonds is 9. The lowest BCUT2D eigenvalue weighted by Crippen LogP contribution is -2.54. The highest BCUT2D eigenvalue weighted by atomic mass is 35.5. The minimum absolute atomic E-state index is 0.0111. The molecule has 39 heavy (non-hydrogen) atoms. The number of H-pyrrole nitrogens is 1. The summed E-state index contributed by atoms with van der Waals surface area (Å²) in [4.78, 5) is 36.1. The number of nitrogens with zero attached hydrogens (tertiary/aromatic N) is 3. The molecule has 1 amide bonds. The molecule has 2 aliphatic heterocycles.